The molecule has 1 atom stereocenters. The average Bonchev–Trinajstić information content (AvgIpc) is 2.60. The topological polar surface area (TPSA) is 130 Å². The summed E-state index contributed by atoms with van der Waals surface area (Å²) in [7, 11) is 0. The van der Waals surface area contributed by atoms with Crippen LogP contribution in [-0.2, 0) is 14.4 Å². The Morgan fingerprint density at radius 3 is 1.72 bits per heavy atom. The summed E-state index contributed by atoms with van der Waals surface area (Å²) in [6.07, 6.45) is -8.29. The fourth-order valence-corrected chi connectivity index (χ4v) is 2.62. The third-order valence-electron chi connectivity index (χ3n) is 3.27. The van der Waals surface area contributed by atoms with Crippen LogP contribution < -0.4 is 11.1 Å². The van der Waals surface area contributed by atoms with Gasteiger partial charge in [0.05, 0.1) is 10.9 Å². The Bertz CT molecular complexity index is 770. The molecule has 0 spiro atoms. The van der Waals surface area contributed by atoms with E-state index < -0.39 is 88.8 Å². The van der Waals surface area contributed by atoms with E-state index in [-0.39, 0.29) is 0 Å². The minimum absolute atomic E-state index is 0.854. The van der Waals surface area contributed by atoms with Crippen LogP contribution in [0.3, 0.4) is 0 Å². The predicted molar refractivity (Wildman–Crippen MR) is 82.6 cm³/mol. The maximum Gasteiger partial charge on any atom is 0.460 e. The molecule has 0 heterocycles. The van der Waals surface area contributed by atoms with Crippen LogP contribution in [0.2, 0.25) is 0 Å². The lowest BCUT2D eigenvalue weighted by atomic mass is 9.97. The summed E-state index contributed by atoms with van der Waals surface area (Å²) in [5.41, 5.74) is 5.10. The van der Waals surface area contributed by atoms with Crippen molar-refractivity contribution in [2.45, 2.75) is 35.9 Å². The molecule has 0 fully saturated rings. The zero-order valence-corrected chi connectivity index (χ0v) is 15.6. The van der Waals surface area contributed by atoms with Gasteiger partial charge in [0.25, 0.3) is 0 Å². The molecule has 32 heavy (non-hydrogen) atoms. The van der Waals surface area contributed by atoms with Gasteiger partial charge in [-0.15, -0.1) is 11.8 Å². The Balaban J connectivity index is 6.06. The molecule has 19 heteroatoms. The number of nitrogens with two attached hydrogens (primary N) is 1. The molecule has 186 valence electrons. The highest BCUT2D eigenvalue weighted by Gasteiger charge is 2.87. The van der Waals surface area contributed by atoms with E-state index in [0.717, 1.165) is 0 Å². The van der Waals surface area contributed by atoms with Crippen molar-refractivity contribution in [3.8, 4) is 0 Å². The van der Waals surface area contributed by atoms with Crippen LogP contribution >= 0.6 is 11.8 Å². The molecule has 0 saturated heterocycles. The van der Waals surface area contributed by atoms with Crippen molar-refractivity contribution >= 4 is 29.6 Å². The fourth-order valence-electron chi connectivity index (χ4n) is 1.61. The van der Waals surface area contributed by atoms with E-state index in [1.54, 1.807) is 5.32 Å². The van der Waals surface area contributed by atoms with Crippen molar-refractivity contribution in [2.75, 3.05) is 12.3 Å². The van der Waals surface area contributed by atoms with E-state index in [4.69, 9.17) is 15.9 Å². The predicted octanol–water partition coefficient (Wildman–Crippen LogP) is 2.32. The van der Waals surface area contributed by atoms with Gasteiger partial charge in [-0.2, -0.15) is 48.3 Å². The van der Waals surface area contributed by atoms with E-state index in [2.05, 4.69) is 0 Å². The van der Waals surface area contributed by atoms with Gasteiger partial charge in [-0.05, 0) is 0 Å². The number of aliphatic carboxylic acids is 2. The second kappa shape index (κ2) is 9.67. The summed E-state index contributed by atoms with van der Waals surface area (Å²) in [5, 5.41) is 18.4. The summed E-state index contributed by atoms with van der Waals surface area (Å²) in [6, 6.07) is -2.06. The molecule has 7 nitrogen and oxygen atoms in total. The number of carboxylic acid groups (broad SMARTS) is 2. The summed E-state index contributed by atoms with van der Waals surface area (Å²) < 4.78 is 144. The standard InChI is InChI=1S/C13H11F11N2O5S/c14-9(15,10(16,17)11(18,19)12(20,21)13(22,23)24)5(1-6(27)28)32-3-4(25)8(31)26-2-7(29)30/h1,4H,2-3,25H2,(H,26,31)(H,27,28)(H,29,30)/b5-1+/t4-/m0/s1. The molecule has 0 rings (SSSR count). The number of rotatable bonds is 11. The number of carbonyl (C=O) groups is 3. The van der Waals surface area contributed by atoms with Crippen LogP contribution in [0.5, 0.6) is 0 Å². The summed E-state index contributed by atoms with van der Waals surface area (Å²) >= 11 is -0.854. The number of alkyl halides is 11. The number of halogens is 11. The van der Waals surface area contributed by atoms with E-state index in [1.807, 2.05) is 0 Å². The molecule has 0 bridgehead atoms. The number of thioether (sulfide) groups is 1. The first-order valence-corrected chi connectivity index (χ1v) is 8.43. The zero-order chi connectivity index (χ0) is 25.9. The van der Waals surface area contributed by atoms with Crippen LogP contribution in [0.1, 0.15) is 0 Å². The van der Waals surface area contributed by atoms with Gasteiger partial charge in [-0.25, -0.2) is 4.79 Å². The molecule has 1 amide bonds. The minimum atomic E-state index is -7.76. The van der Waals surface area contributed by atoms with Crippen LogP contribution in [-0.4, -0.2) is 76.3 Å². The third-order valence-corrected chi connectivity index (χ3v) is 4.48. The quantitative estimate of drug-likeness (QED) is 0.245. The molecule has 0 aliphatic carbocycles. The van der Waals surface area contributed by atoms with Crippen molar-refractivity contribution < 1.29 is 72.9 Å². The van der Waals surface area contributed by atoms with Crippen molar-refractivity contribution in [3.05, 3.63) is 11.0 Å². The molecule has 0 radical (unpaired) electrons. The molecular weight excluding hydrogens is 505 g/mol. The number of hydrogen-bond acceptors (Lipinski definition) is 5. The number of carbonyl (C=O) groups excluding carboxylic acids is 1. The largest absolute Gasteiger partial charge is 0.480 e. The van der Waals surface area contributed by atoms with Crippen LogP contribution in [0, 0.1) is 0 Å². The van der Waals surface area contributed by atoms with Crippen molar-refractivity contribution in [1.82, 2.24) is 5.32 Å². The second-order valence-electron chi connectivity index (χ2n) is 5.67. The lowest BCUT2D eigenvalue weighted by molar-refractivity contribution is -0.417. The summed E-state index contributed by atoms with van der Waals surface area (Å²) in [5.74, 6) is -36.5. The van der Waals surface area contributed by atoms with E-state index in [1.165, 1.54) is 0 Å². The number of hydrogen-bond donors (Lipinski definition) is 4. The number of nitrogens with one attached hydrogen (secondary N) is 1. The molecule has 0 aliphatic rings. The Morgan fingerprint density at radius 2 is 1.34 bits per heavy atom. The van der Waals surface area contributed by atoms with Gasteiger partial charge in [-0.1, -0.05) is 0 Å². The van der Waals surface area contributed by atoms with E-state index >= 15 is 0 Å². The van der Waals surface area contributed by atoms with Gasteiger partial charge < -0.3 is 21.3 Å². The summed E-state index contributed by atoms with van der Waals surface area (Å²) in [4.78, 5) is 29.6. The summed E-state index contributed by atoms with van der Waals surface area (Å²) in [6.45, 7) is -1.07. The third kappa shape index (κ3) is 5.93. The van der Waals surface area contributed by atoms with Crippen LogP contribution in [0.4, 0.5) is 48.3 Å². The Labute approximate surface area is 173 Å². The van der Waals surface area contributed by atoms with Gasteiger partial charge in [0, 0.05) is 11.8 Å². The molecule has 0 aromatic heterocycles. The highest BCUT2D eigenvalue weighted by Crippen LogP contribution is 2.59. The van der Waals surface area contributed by atoms with Gasteiger partial charge in [0.1, 0.15) is 6.54 Å². The van der Waals surface area contributed by atoms with E-state index in [0.29, 0.717) is 0 Å². The molecule has 0 aromatic carbocycles. The smallest absolute Gasteiger partial charge is 0.460 e. The molecule has 0 saturated carbocycles. The Kier molecular flexibility index (Phi) is 8.97. The number of allylic oxidation sites excluding steroid dienone is 1. The first-order valence-electron chi connectivity index (χ1n) is 7.45. The van der Waals surface area contributed by atoms with Crippen molar-refractivity contribution in [3.63, 3.8) is 0 Å². The first kappa shape index (κ1) is 29.7. The SMILES string of the molecule is N[C@@H](CS/C(=C/C(=O)O)C(F)(F)C(F)(F)C(F)(F)C(F)(F)C(F)(F)F)C(=O)NCC(=O)O. The Morgan fingerprint density at radius 1 is 0.875 bits per heavy atom. The van der Waals surface area contributed by atoms with Crippen molar-refractivity contribution in [2.24, 2.45) is 5.73 Å². The fraction of sp³-hybridized carbons (Fsp3) is 0.615. The first-order chi connectivity index (χ1) is 14.0. The highest BCUT2D eigenvalue weighted by molar-refractivity contribution is 8.03. The van der Waals surface area contributed by atoms with Crippen molar-refractivity contribution in [1.29, 1.82) is 0 Å². The monoisotopic (exact) mass is 516 g/mol. The molecule has 0 aromatic rings. The molecule has 0 aliphatic heterocycles. The normalized spacial score (nSPS) is 15.3. The number of carboxylic acids is 2. The second-order valence-corrected chi connectivity index (χ2v) is 6.73. The minimum Gasteiger partial charge on any atom is -0.480 e. The van der Waals surface area contributed by atoms with Gasteiger partial charge in [-0.3, -0.25) is 9.59 Å². The lowest BCUT2D eigenvalue weighted by Crippen LogP contribution is -2.66. The molecular formula is C13H11F11N2O5S. The van der Waals surface area contributed by atoms with Gasteiger partial charge >= 0.3 is 41.8 Å². The van der Waals surface area contributed by atoms with Gasteiger partial charge in [0.15, 0.2) is 0 Å². The molecule has 5 N–H and O–H groups in total. The zero-order valence-electron chi connectivity index (χ0n) is 14.8. The van der Waals surface area contributed by atoms with E-state index in [9.17, 15) is 62.7 Å². The molecule has 0 unspecified atom stereocenters. The average molecular weight is 516 g/mol. The Hall–Kier alpha value is -2.31. The van der Waals surface area contributed by atoms with Crippen LogP contribution in [0.25, 0.3) is 0 Å². The van der Waals surface area contributed by atoms with Crippen LogP contribution in [0.15, 0.2) is 11.0 Å². The number of amides is 1. The maximum atomic E-state index is 14.0. The lowest BCUT2D eigenvalue weighted by Gasteiger charge is -2.37. The highest BCUT2D eigenvalue weighted by atomic mass is 32.2. The maximum absolute atomic E-state index is 14.0. The van der Waals surface area contributed by atoms with Gasteiger partial charge in [0.2, 0.25) is 5.91 Å².